The van der Waals surface area contributed by atoms with E-state index in [9.17, 15) is 18.3 Å². The third-order valence-electron chi connectivity index (χ3n) is 3.70. The van der Waals surface area contributed by atoms with Gasteiger partial charge in [-0.3, -0.25) is 0 Å². The molecule has 0 saturated carbocycles. The zero-order valence-electron chi connectivity index (χ0n) is 12.3. The molecule has 0 heterocycles. The summed E-state index contributed by atoms with van der Waals surface area (Å²) >= 11 is 0. The Bertz CT molecular complexity index is 445. The minimum absolute atomic E-state index is 0.0751. The normalized spacial score (nSPS) is 14.8. The van der Waals surface area contributed by atoms with E-state index in [1.165, 1.54) is 13.2 Å². The molecule has 2 atom stereocenters. The lowest BCUT2D eigenvalue weighted by atomic mass is 9.86. The van der Waals surface area contributed by atoms with Crippen LogP contribution in [-0.4, -0.2) is 25.4 Å². The van der Waals surface area contributed by atoms with E-state index in [2.05, 4.69) is 0 Å². The summed E-state index contributed by atoms with van der Waals surface area (Å²) in [6.45, 7) is 2.12. The molecule has 21 heavy (non-hydrogen) atoms. The van der Waals surface area contributed by atoms with Crippen molar-refractivity contribution in [2.45, 2.75) is 31.9 Å². The second kappa shape index (κ2) is 7.66. The Balaban J connectivity index is 3.16. The number of nitrogens with two attached hydrogens (primary N) is 1. The van der Waals surface area contributed by atoms with Gasteiger partial charge >= 0.3 is 6.18 Å². The summed E-state index contributed by atoms with van der Waals surface area (Å²) < 4.78 is 43.8. The molecular weight excluding hydrogens is 283 g/mol. The van der Waals surface area contributed by atoms with Crippen LogP contribution in [0.4, 0.5) is 13.2 Å². The highest BCUT2D eigenvalue weighted by Crippen LogP contribution is 2.38. The highest BCUT2D eigenvalue weighted by molar-refractivity contribution is 5.40. The molecule has 1 rings (SSSR count). The van der Waals surface area contributed by atoms with E-state index >= 15 is 0 Å². The minimum atomic E-state index is -4.39. The Morgan fingerprint density at radius 2 is 2.00 bits per heavy atom. The molecule has 0 bridgehead atoms. The van der Waals surface area contributed by atoms with Gasteiger partial charge in [0.25, 0.3) is 0 Å². The summed E-state index contributed by atoms with van der Waals surface area (Å²) in [7, 11) is 1.44. The number of rotatable bonds is 7. The van der Waals surface area contributed by atoms with Crippen molar-refractivity contribution < 1.29 is 23.0 Å². The maximum absolute atomic E-state index is 12.9. The molecule has 120 valence electrons. The molecule has 1 aromatic rings. The van der Waals surface area contributed by atoms with Crippen LogP contribution in [0.2, 0.25) is 0 Å². The van der Waals surface area contributed by atoms with Crippen molar-refractivity contribution in [1.82, 2.24) is 0 Å². The standard InChI is InChI=1S/C15H22F3NO2/c1-3-11(6-10(8-19)9-20)13-7-12(15(16,17)18)4-5-14(13)21-2/h4-5,7,10-11,20H,3,6,8-9,19H2,1-2H3. The Hall–Kier alpha value is -1.27. The van der Waals surface area contributed by atoms with Crippen molar-refractivity contribution >= 4 is 0 Å². The zero-order chi connectivity index (χ0) is 16.0. The van der Waals surface area contributed by atoms with Gasteiger partial charge in [0, 0.05) is 6.61 Å². The van der Waals surface area contributed by atoms with Gasteiger partial charge in [-0.2, -0.15) is 13.2 Å². The summed E-state index contributed by atoms with van der Waals surface area (Å²) in [5, 5.41) is 9.24. The van der Waals surface area contributed by atoms with E-state index in [4.69, 9.17) is 10.5 Å². The topological polar surface area (TPSA) is 55.5 Å². The van der Waals surface area contributed by atoms with Gasteiger partial charge in [0.15, 0.2) is 0 Å². The smallest absolute Gasteiger partial charge is 0.416 e. The van der Waals surface area contributed by atoms with Gasteiger partial charge in [0.1, 0.15) is 5.75 Å². The molecule has 6 heteroatoms. The number of alkyl halides is 3. The van der Waals surface area contributed by atoms with Gasteiger partial charge in [0.2, 0.25) is 0 Å². The molecule has 0 aliphatic carbocycles. The lowest BCUT2D eigenvalue weighted by Crippen LogP contribution is -2.21. The number of hydrogen-bond donors (Lipinski definition) is 2. The van der Waals surface area contributed by atoms with Gasteiger partial charge in [0.05, 0.1) is 12.7 Å². The van der Waals surface area contributed by atoms with E-state index in [0.717, 1.165) is 12.1 Å². The van der Waals surface area contributed by atoms with Gasteiger partial charge in [-0.15, -0.1) is 0 Å². The van der Waals surface area contributed by atoms with Gasteiger partial charge in [-0.1, -0.05) is 6.92 Å². The first-order valence-corrected chi connectivity index (χ1v) is 6.93. The maximum atomic E-state index is 12.9. The van der Waals surface area contributed by atoms with Crippen LogP contribution in [0.3, 0.4) is 0 Å². The molecule has 1 aromatic carbocycles. The largest absolute Gasteiger partial charge is 0.496 e. The maximum Gasteiger partial charge on any atom is 0.416 e. The fourth-order valence-corrected chi connectivity index (χ4v) is 2.39. The molecule has 3 N–H and O–H groups in total. The van der Waals surface area contributed by atoms with Crippen molar-refractivity contribution in [2.24, 2.45) is 11.7 Å². The van der Waals surface area contributed by atoms with Gasteiger partial charge < -0.3 is 15.6 Å². The van der Waals surface area contributed by atoms with Crippen LogP contribution in [0.15, 0.2) is 18.2 Å². The van der Waals surface area contributed by atoms with Crippen LogP contribution in [0.5, 0.6) is 5.75 Å². The molecular formula is C15H22F3NO2. The van der Waals surface area contributed by atoms with Crippen LogP contribution in [-0.2, 0) is 6.18 Å². The van der Waals surface area contributed by atoms with E-state index in [1.54, 1.807) is 0 Å². The Morgan fingerprint density at radius 3 is 2.43 bits per heavy atom. The molecule has 0 aromatic heterocycles. The number of benzene rings is 1. The highest BCUT2D eigenvalue weighted by atomic mass is 19.4. The second-order valence-corrected chi connectivity index (χ2v) is 5.08. The summed E-state index contributed by atoms with van der Waals surface area (Å²) in [5.41, 5.74) is 5.39. The van der Waals surface area contributed by atoms with Crippen molar-refractivity contribution in [3.8, 4) is 5.75 Å². The van der Waals surface area contributed by atoms with E-state index in [-0.39, 0.29) is 18.4 Å². The molecule has 2 unspecified atom stereocenters. The average molecular weight is 305 g/mol. The van der Waals surface area contributed by atoms with Crippen LogP contribution in [0.25, 0.3) is 0 Å². The quantitative estimate of drug-likeness (QED) is 0.813. The van der Waals surface area contributed by atoms with Crippen LogP contribution in [0, 0.1) is 5.92 Å². The van der Waals surface area contributed by atoms with Gasteiger partial charge in [-0.25, -0.2) is 0 Å². The first-order valence-electron chi connectivity index (χ1n) is 6.93. The van der Waals surface area contributed by atoms with Crippen molar-refractivity contribution in [3.63, 3.8) is 0 Å². The molecule has 0 fully saturated rings. The van der Waals surface area contributed by atoms with Crippen molar-refractivity contribution in [3.05, 3.63) is 29.3 Å². The highest BCUT2D eigenvalue weighted by Gasteiger charge is 2.32. The predicted octanol–water partition coefficient (Wildman–Crippen LogP) is 3.16. The summed E-state index contributed by atoms with van der Waals surface area (Å²) in [4.78, 5) is 0. The fourth-order valence-electron chi connectivity index (χ4n) is 2.39. The fraction of sp³-hybridized carbons (Fsp3) is 0.600. The third kappa shape index (κ3) is 4.61. The Morgan fingerprint density at radius 1 is 1.33 bits per heavy atom. The summed E-state index contributed by atoms with van der Waals surface area (Å²) in [5.74, 6) is 0.167. The van der Waals surface area contributed by atoms with Gasteiger partial charge in [-0.05, 0) is 55.0 Å². The number of aliphatic hydroxyl groups excluding tert-OH is 1. The Labute approximate surface area is 122 Å². The Kier molecular flexibility index (Phi) is 6.48. The van der Waals surface area contributed by atoms with E-state index in [0.29, 0.717) is 30.7 Å². The number of hydrogen-bond acceptors (Lipinski definition) is 3. The lowest BCUT2D eigenvalue weighted by molar-refractivity contribution is -0.137. The monoisotopic (exact) mass is 305 g/mol. The second-order valence-electron chi connectivity index (χ2n) is 5.08. The van der Waals surface area contributed by atoms with E-state index < -0.39 is 11.7 Å². The lowest BCUT2D eigenvalue weighted by Gasteiger charge is -2.23. The number of aliphatic hydroxyl groups is 1. The van der Waals surface area contributed by atoms with Crippen molar-refractivity contribution in [2.75, 3.05) is 20.3 Å². The van der Waals surface area contributed by atoms with Crippen LogP contribution < -0.4 is 10.5 Å². The molecule has 0 aliphatic heterocycles. The molecule has 3 nitrogen and oxygen atoms in total. The molecule has 0 saturated heterocycles. The number of ether oxygens (including phenoxy) is 1. The van der Waals surface area contributed by atoms with Crippen molar-refractivity contribution in [1.29, 1.82) is 0 Å². The molecule has 0 aliphatic rings. The van der Waals surface area contributed by atoms with E-state index in [1.807, 2.05) is 6.92 Å². The van der Waals surface area contributed by atoms with Crippen LogP contribution in [0.1, 0.15) is 36.8 Å². The van der Waals surface area contributed by atoms with Crippen LogP contribution >= 0.6 is 0 Å². The third-order valence-corrected chi connectivity index (χ3v) is 3.70. The first-order chi connectivity index (χ1) is 9.87. The molecule has 0 amide bonds. The summed E-state index contributed by atoms with van der Waals surface area (Å²) in [6.07, 6.45) is -3.21. The average Bonchev–Trinajstić information content (AvgIpc) is 2.47. The molecule has 0 spiro atoms. The molecule has 0 radical (unpaired) electrons. The predicted molar refractivity (Wildman–Crippen MR) is 75.3 cm³/mol. The first kappa shape index (κ1) is 17.8. The minimum Gasteiger partial charge on any atom is -0.496 e. The number of methoxy groups -OCH3 is 1. The number of halogens is 3. The zero-order valence-corrected chi connectivity index (χ0v) is 12.3. The summed E-state index contributed by atoms with van der Waals surface area (Å²) in [6, 6.07) is 3.50. The SMILES string of the molecule is CCC(CC(CN)CO)c1cc(C(F)(F)F)ccc1OC.